The number of benzene rings is 2. The molecule has 0 fully saturated rings. The number of hydrogen-bond acceptors (Lipinski definition) is 1. The number of halogens is 1. The van der Waals surface area contributed by atoms with Gasteiger partial charge < -0.3 is 4.98 Å². The minimum Gasteiger partial charge on any atom is -0.348 e. The Balaban J connectivity index is 1.85. The molecule has 106 valence electrons. The Morgan fingerprint density at radius 3 is 2.38 bits per heavy atom. The Labute approximate surface area is 123 Å². The zero-order valence-electron chi connectivity index (χ0n) is 11.7. The van der Waals surface area contributed by atoms with E-state index in [9.17, 15) is 4.39 Å². The topological polar surface area (TPSA) is 28.7 Å². The van der Waals surface area contributed by atoms with Crippen molar-refractivity contribution in [3.05, 3.63) is 89.8 Å². The second-order valence-corrected chi connectivity index (χ2v) is 5.22. The van der Waals surface area contributed by atoms with Crippen LogP contribution in [0.25, 0.3) is 0 Å². The summed E-state index contributed by atoms with van der Waals surface area (Å²) < 4.78 is 13.1. The molecule has 0 saturated heterocycles. The number of imidazole rings is 1. The van der Waals surface area contributed by atoms with E-state index in [2.05, 4.69) is 22.1 Å². The highest BCUT2D eigenvalue weighted by Crippen LogP contribution is 2.25. The third-order valence-electron chi connectivity index (χ3n) is 3.69. The molecular formula is C18H17FN2. The number of aromatic amines is 1. The molecule has 1 unspecified atom stereocenters. The van der Waals surface area contributed by atoms with Gasteiger partial charge in [0.15, 0.2) is 0 Å². The molecular weight excluding hydrogens is 263 g/mol. The van der Waals surface area contributed by atoms with Crippen molar-refractivity contribution in [3.63, 3.8) is 0 Å². The molecule has 0 bridgehead atoms. The first kappa shape index (κ1) is 13.6. The summed E-state index contributed by atoms with van der Waals surface area (Å²) in [5, 5.41) is 0. The van der Waals surface area contributed by atoms with Gasteiger partial charge in [0.25, 0.3) is 0 Å². The molecule has 1 atom stereocenters. The van der Waals surface area contributed by atoms with Crippen molar-refractivity contribution in [2.24, 2.45) is 0 Å². The summed E-state index contributed by atoms with van der Waals surface area (Å²) in [7, 11) is 0. The number of aromatic nitrogens is 2. The first-order valence-corrected chi connectivity index (χ1v) is 7.08. The highest BCUT2D eigenvalue weighted by atomic mass is 19.1. The van der Waals surface area contributed by atoms with Crippen molar-refractivity contribution in [1.82, 2.24) is 9.97 Å². The number of nitrogens with one attached hydrogen (secondary N) is 1. The average Bonchev–Trinajstić information content (AvgIpc) is 3.01. The highest BCUT2D eigenvalue weighted by molar-refractivity contribution is 5.26. The van der Waals surface area contributed by atoms with Gasteiger partial charge >= 0.3 is 0 Å². The van der Waals surface area contributed by atoms with E-state index in [1.165, 1.54) is 17.7 Å². The fraction of sp³-hybridized carbons (Fsp3) is 0.167. The molecule has 0 aliphatic carbocycles. The average molecular weight is 280 g/mol. The fourth-order valence-corrected chi connectivity index (χ4v) is 2.60. The molecule has 0 aliphatic heterocycles. The molecule has 1 N–H and O–H groups in total. The van der Waals surface area contributed by atoms with Crippen LogP contribution in [0.3, 0.4) is 0 Å². The van der Waals surface area contributed by atoms with Gasteiger partial charge in [-0.15, -0.1) is 0 Å². The Morgan fingerprint density at radius 1 is 0.952 bits per heavy atom. The second-order valence-electron chi connectivity index (χ2n) is 5.22. The highest BCUT2D eigenvalue weighted by Gasteiger charge is 2.14. The number of rotatable bonds is 5. The summed E-state index contributed by atoms with van der Waals surface area (Å²) in [6.07, 6.45) is 5.33. The molecule has 0 saturated carbocycles. The number of nitrogens with zero attached hydrogens (tertiary/aromatic N) is 1. The summed E-state index contributed by atoms with van der Waals surface area (Å²) >= 11 is 0. The summed E-state index contributed by atoms with van der Waals surface area (Å²) in [6, 6.07) is 17.2. The lowest BCUT2D eigenvalue weighted by Gasteiger charge is -2.17. The fourth-order valence-electron chi connectivity index (χ4n) is 2.60. The van der Waals surface area contributed by atoms with E-state index in [4.69, 9.17) is 0 Å². The third kappa shape index (κ3) is 3.57. The molecule has 1 aromatic heterocycles. The van der Waals surface area contributed by atoms with Crippen molar-refractivity contribution in [1.29, 1.82) is 0 Å². The standard InChI is InChI=1S/C18H17FN2/c19-17-8-6-15(7-9-17)16(11-18-12-20-13-21-18)10-14-4-2-1-3-5-14/h1-9,12-13,16H,10-11H2,(H,20,21). The minimum atomic E-state index is -0.196. The van der Waals surface area contributed by atoms with Crippen molar-refractivity contribution in [3.8, 4) is 0 Å². The molecule has 0 amide bonds. The summed E-state index contributed by atoms with van der Waals surface area (Å²) in [5.41, 5.74) is 3.53. The minimum absolute atomic E-state index is 0.196. The SMILES string of the molecule is Fc1ccc(C(Cc2ccccc2)Cc2cnc[nH]2)cc1. The van der Waals surface area contributed by atoms with Gasteiger partial charge in [-0.3, -0.25) is 0 Å². The van der Waals surface area contributed by atoms with E-state index < -0.39 is 0 Å². The predicted octanol–water partition coefficient (Wildman–Crippen LogP) is 4.12. The third-order valence-corrected chi connectivity index (χ3v) is 3.69. The molecule has 0 aliphatic rings. The van der Waals surface area contributed by atoms with Gasteiger partial charge in [0.1, 0.15) is 5.82 Å². The zero-order chi connectivity index (χ0) is 14.5. The Morgan fingerprint density at radius 2 is 1.71 bits per heavy atom. The number of hydrogen-bond donors (Lipinski definition) is 1. The number of H-pyrrole nitrogens is 1. The van der Waals surface area contributed by atoms with E-state index >= 15 is 0 Å². The van der Waals surface area contributed by atoms with Crippen molar-refractivity contribution in [2.45, 2.75) is 18.8 Å². The predicted molar refractivity (Wildman–Crippen MR) is 81.6 cm³/mol. The van der Waals surface area contributed by atoms with Gasteiger partial charge in [0.2, 0.25) is 0 Å². The maximum absolute atomic E-state index is 13.1. The molecule has 2 nitrogen and oxygen atoms in total. The van der Waals surface area contributed by atoms with E-state index in [0.717, 1.165) is 24.1 Å². The van der Waals surface area contributed by atoms with Crippen LogP contribution >= 0.6 is 0 Å². The van der Waals surface area contributed by atoms with E-state index in [1.54, 1.807) is 6.33 Å². The Bertz CT molecular complexity index is 660. The maximum Gasteiger partial charge on any atom is 0.123 e. The van der Waals surface area contributed by atoms with Gasteiger partial charge in [-0.05, 0) is 42.0 Å². The Hall–Kier alpha value is -2.42. The molecule has 1 heterocycles. The molecule has 3 heteroatoms. The van der Waals surface area contributed by atoms with E-state index in [0.29, 0.717) is 5.92 Å². The molecule has 21 heavy (non-hydrogen) atoms. The summed E-state index contributed by atoms with van der Waals surface area (Å²) in [4.78, 5) is 7.22. The molecule has 2 aromatic carbocycles. The van der Waals surface area contributed by atoms with Crippen LogP contribution in [-0.4, -0.2) is 9.97 Å². The van der Waals surface area contributed by atoms with Crippen LogP contribution in [0.5, 0.6) is 0 Å². The molecule has 3 aromatic rings. The van der Waals surface area contributed by atoms with Crippen LogP contribution in [0, 0.1) is 5.82 Å². The smallest absolute Gasteiger partial charge is 0.123 e. The van der Waals surface area contributed by atoms with Crippen LogP contribution in [0.2, 0.25) is 0 Å². The molecule has 0 radical (unpaired) electrons. The van der Waals surface area contributed by atoms with E-state index in [-0.39, 0.29) is 5.82 Å². The monoisotopic (exact) mass is 280 g/mol. The van der Waals surface area contributed by atoms with Crippen molar-refractivity contribution >= 4 is 0 Å². The van der Waals surface area contributed by atoms with Gasteiger partial charge in [0, 0.05) is 11.9 Å². The quantitative estimate of drug-likeness (QED) is 0.748. The Kier molecular flexibility index (Phi) is 4.10. The van der Waals surface area contributed by atoms with Gasteiger partial charge in [-0.2, -0.15) is 0 Å². The van der Waals surface area contributed by atoms with Crippen LogP contribution < -0.4 is 0 Å². The lowest BCUT2D eigenvalue weighted by molar-refractivity contribution is 0.621. The van der Waals surface area contributed by atoms with Crippen LogP contribution in [0.1, 0.15) is 22.7 Å². The summed E-state index contributed by atoms with van der Waals surface area (Å²) in [6.45, 7) is 0. The normalized spacial score (nSPS) is 12.2. The van der Waals surface area contributed by atoms with Gasteiger partial charge in [-0.1, -0.05) is 42.5 Å². The lowest BCUT2D eigenvalue weighted by atomic mass is 9.88. The largest absolute Gasteiger partial charge is 0.348 e. The van der Waals surface area contributed by atoms with Crippen LogP contribution in [-0.2, 0) is 12.8 Å². The molecule has 3 rings (SSSR count). The summed E-state index contributed by atoms with van der Waals surface area (Å²) in [5.74, 6) is 0.104. The van der Waals surface area contributed by atoms with E-state index in [1.807, 2.05) is 36.5 Å². The maximum atomic E-state index is 13.1. The molecule has 0 spiro atoms. The van der Waals surface area contributed by atoms with Gasteiger partial charge in [0.05, 0.1) is 6.33 Å². The zero-order valence-corrected chi connectivity index (χ0v) is 11.7. The van der Waals surface area contributed by atoms with Crippen LogP contribution in [0.15, 0.2) is 67.1 Å². The van der Waals surface area contributed by atoms with Crippen molar-refractivity contribution in [2.75, 3.05) is 0 Å². The first-order valence-electron chi connectivity index (χ1n) is 7.08. The van der Waals surface area contributed by atoms with Crippen LogP contribution in [0.4, 0.5) is 4.39 Å². The second kappa shape index (κ2) is 6.35. The van der Waals surface area contributed by atoms with Crippen molar-refractivity contribution < 1.29 is 4.39 Å². The van der Waals surface area contributed by atoms with Gasteiger partial charge in [-0.25, -0.2) is 9.37 Å². The first-order chi connectivity index (χ1) is 10.3. The lowest BCUT2D eigenvalue weighted by Crippen LogP contribution is -2.07.